The summed E-state index contributed by atoms with van der Waals surface area (Å²) in [6, 6.07) is 18.8. The number of carbonyl (C=O) groups is 2. The summed E-state index contributed by atoms with van der Waals surface area (Å²) in [7, 11) is -3.65. The standard InChI is InChI=1S/C24H22ClN3O4S/c25-19-6-8-20(9-7-19)28-23(29)16-22(24(28)30)26-11-13-27(14-12-26)33(31,32)21-10-5-17-3-1-2-4-18(17)15-21/h1-10,15,22H,11-14,16H2. The van der Waals surface area contributed by atoms with Crippen LogP contribution in [-0.2, 0) is 19.6 Å². The fourth-order valence-corrected chi connectivity index (χ4v) is 6.08. The summed E-state index contributed by atoms with van der Waals surface area (Å²) in [5.41, 5.74) is 0.495. The van der Waals surface area contributed by atoms with Crippen LogP contribution < -0.4 is 4.90 Å². The van der Waals surface area contributed by atoms with Crippen molar-refractivity contribution in [2.24, 2.45) is 0 Å². The van der Waals surface area contributed by atoms with Crippen molar-refractivity contribution in [2.75, 3.05) is 31.1 Å². The Morgan fingerprint density at radius 1 is 0.818 bits per heavy atom. The monoisotopic (exact) mass is 483 g/mol. The van der Waals surface area contributed by atoms with E-state index in [1.54, 1.807) is 36.4 Å². The molecule has 0 N–H and O–H groups in total. The first-order valence-electron chi connectivity index (χ1n) is 10.7. The van der Waals surface area contributed by atoms with Gasteiger partial charge in [0.15, 0.2) is 0 Å². The van der Waals surface area contributed by atoms with Crippen molar-refractivity contribution in [1.82, 2.24) is 9.21 Å². The molecule has 33 heavy (non-hydrogen) atoms. The summed E-state index contributed by atoms with van der Waals surface area (Å²) in [6.07, 6.45) is 0.0822. The zero-order valence-electron chi connectivity index (χ0n) is 17.7. The van der Waals surface area contributed by atoms with Gasteiger partial charge in [-0.15, -0.1) is 0 Å². The minimum absolute atomic E-state index is 0.0822. The van der Waals surface area contributed by atoms with E-state index in [0.29, 0.717) is 23.8 Å². The molecule has 9 heteroatoms. The molecule has 170 valence electrons. The molecule has 0 aliphatic carbocycles. The molecule has 0 aromatic heterocycles. The number of amides is 2. The van der Waals surface area contributed by atoms with Crippen LogP contribution in [0.1, 0.15) is 6.42 Å². The van der Waals surface area contributed by atoms with Crippen LogP contribution in [0.5, 0.6) is 0 Å². The highest BCUT2D eigenvalue weighted by molar-refractivity contribution is 7.89. The van der Waals surface area contributed by atoms with Gasteiger partial charge >= 0.3 is 0 Å². The van der Waals surface area contributed by atoms with E-state index >= 15 is 0 Å². The molecule has 0 radical (unpaired) electrons. The molecule has 1 atom stereocenters. The minimum Gasteiger partial charge on any atom is -0.289 e. The molecule has 0 saturated carbocycles. The fraction of sp³-hybridized carbons (Fsp3) is 0.250. The number of hydrogen-bond acceptors (Lipinski definition) is 5. The average molecular weight is 484 g/mol. The molecule has 7 nitrogen and oxygen atoms in total. The Hall–Kier alpha value is -2.78. The number of halogens is 1. The van der Waals surface area contributed by atoms with Gasteiger partial charge in [0.1, 0.15) is 0 Å². The maximum absolute atomic E-state index is 13.2. The third kappa shape index (κ3) is 4.04. The summed E-state index contributed by atoms with van der Waals surface area (Å²) in [4.78, 5) is 29.0. The lowest BCUT2D eigenvalue weighted by atomic mass is 10.1. The summed E-state index contributed by atoms with van der Waals surface area (Å²) >= 11 is 5.91. The van der Waals surface area contributed by atoms with Gasteiger partial charge in [0.2, 0.25) is 15.9 Å². The second-order valence-corrected chi connectivity index (χ2v) is 10.6. The molecule has 5 rings (SSSR count). The second kappa shape index (κ2) is 8.53. The lowest BCUT2D eigenvalue weighted by molar-refractivity contribution is -0.123. The topological polar surface area (TPSA) is 78.0 Å². The first-order valence-corrected chi connectivity index (χ1v) is 12.5. The number of rotatable bonds is 4. The Kier molecular flexibility index (Phi) is 5.70. The number of sulfonamides is 1. The number of imide groups is 1. The Bertz CT molecular complexity index is 1340. The van der Waals surface area contributed by atoms with E-state index in [-0.39, 0.29) is 36.2 Å². The lowest BCUT2D eigenvalue weighted by Gasteiger charge is -2.36. The van der Waals surface area contributed by atoms with Crippen molar-refractivity contribution in [1.29, 1.82) is 0 Å². The minimum atomic E-state index is -3.65. The highest BCUT2D eigenvalue weighted by atomic mass is 35.5. The number of piperazine rings is 1. The van der Waals surface area contributed by atoms with Gasteiger partial charge in [-0.3, -0.25) is 14.5 Å². The average Bonchev–Trinajstić information content (AvgIpc) is 3.13. The number of nitrogens with zero attached hydrogens (tertiary/aromatic N) is 3. The maximum atomic E-state index is 13.2. The largest absolute Gasteiger partial charge is 0.289 e. The van der Waals surface area contributed by atoms with Crippen LogP contribution >= 0.6 is 11.6 Å². The van der Waals surface area contributed by atoms with Crippen molar-refractivity contribution < 1.29 is 18.0 Å². The maximum Gasteiger partial charge on any atom is 0.251 e. The van der Waals surface area contributed by atoms with Crippen LogP contribution in [0.25, 0.3) is 10.8 Å². The molecular weight excluding hydrogens is 462 g/mol. The van der Waals surface area contributed by atoms with Crippen LogP contribution in [0, 0.1) is 0 Å². The molecule has 2 fully saturated rings. The van der Waals surface area contributed by atoms with Crippen LogP contribution in [-0.4, -0.2) is 61.7 Å². The van der Waals surface area contributed by atoms with E-state index in [0.717, 1.165) is 10.8 Å². The van der Waals surface area contributed by atoms with E-state index in [1.165, 1.54) is 9.21 Å². The van der Waals surface area contributed by atoms with Crippen LogP contribution in [0.4, 0.5) is 5.69 Å². The van der Waals surface area contributed by atoms with Gasteiger partial charge in [-0.1, -0.05) is 41.9 Å². The highest BCUT2D eigenvalue weighted by Gasteiger charge is 2.44. The number of anilines is 1. The fourth-order valence-electron chi connectivity index (χ4n) is 4.50. The molecule has 1 unspecified atom stereocenters. The van der Waals surface area contributed by atoms with Crippen molar-refractivity contribution in [3.63, 3.8) is 0 Å². The molecule has 2 aliphatic heterocycles. The predicted octanol–water partition coefficient (Wildman–Crippen LogP) is 3.13. The van der Waals surface area contributed by atoms with E-state index in [9.17, 15) is 18.0 Å². The number of benzene rings is 3. The SMILES string of the molecule is O=C1CC(N2CCN(S(=O)(=O)c3ccc4ccccc4c3)CC2)C(=O)N1c1ccc(Cl)cc1. The van der Waals surface area contributed by atoms with Gasteiger partial charge in [0, 0.05) is 31.2 Å². The van der Waals surface area contributed by atoms with E-state index < -0.39 is 16.1 Å². The van der Waals surface area contributed by atoms with E-state index in [4.69, 9.17) is 11.6 Å². The molecule has 2 aliphatic rings. The molecule has 3 aromatic rings. The first-order chi connectivity index (χ1) is 15.8. The highest BCUT2D eigenvalue weighted by Crippen LogP contribution is 2.28. The van der Waals surface area contributed by atoms with Gasteiger partial charge in [0.05, 0.1) is 23.0 Å². The third-order valence-corrected chi connectivity index (χ3v) is 8.43. The molecule has 0 bridgehead atoms. The molecule has 2 amide bonds. The smallest absolute Gasteiger partial charge is 0.251 e. The predicted molar refractivity (Wildman–Crippen MR) is 127 cm³/mol. The summed E-state index contributed by atoms with van der Waals surface area (Å²) in [6.45, 7) is 1.28. The molecule has 0 spiro atoms. The number of carbonyl (C=O) groups excluding carboxylic acids is 2. The van der Waals surface area contributed by atoms with Crippen molar-refractivity contribution in [3.8, 4) is 0 Å². The molecule has 3 aromatic carbocycles. The normalized spacial score (nSPS) is 20.6. The van der Waals surface area contributed by atoms with Gasteiger partial charge < -0.3 is 0 Å². The quantitative estimate of drug-likeness (QED) is 0.533. The summed E-state index contributed by atoms with van der Waals surface area (Å²) in [5.74, 6) is -0.549. The van der Waals surface area contributed by atoms with E-state index in [1.807, 2.05) is 35.2 Å². The zero-order chi connectivity index (χ0) is 23.2. The first kappa shape index (κ1) is 22.0. The Morgan fingerprint density at radius 3 is 2.18 bits per heavy atom. The third-order valence-electron chi connectivity index (χ3n) is 6.28. The summed E-state index contributed by atoms with van der Waals surface area (Å²) in [5, 5.41) is 2.38. The van der Waals surface area contributed by atoms with Gasteiger partial charge in [-0.05, 0) is 47.2 Å². The zero-order valence-corrected chi connectivity index (χ0v) is 19.3. The lowest BCUT2D eigenvalue weighted by Crippen LogP contribution is -2.53. The van der Waals surface area contributed by atoms with Crippen LogP contribution in [0.2, 0.25) is 5.02 Å². The van der Waals surface area contributed by atoms with Crippen LogP contribution in [0.3, 0.4) is 0 Å². The van der Waals surface area contributed by atoms with Crippen molar-refractivity contribution in [3.05, 3.63) is 71.8 Å². The van der Waals surface area contributed by atoms with Gasteiger partial charge in [-0.2, -0.15) is 4.31 Å². The summed E-state index contributed by atoms with van der Waals surface area (Å²) < 4.78 is 27.9. The van der Waals surface area contributed by atoms with Crippen molar-refractivity contribution in [2.45, 2.75) is 17.4 Å². The Morgan fingerprint density at radius 2 is 1.48 bits per heavy atom. The Labute approximate surface area is 197 Å². The van der Waals surface area contributed by atoms with Crippen molar-refractivity contribution >= 4 is 49.9 Å². The number of hydrogen-bond donors (Lipinski definition) is 0. The van der Waals surface area contributed by atoms with Gasteiger partial charge in [0.25, 0.3) is 5.91 Å². The van der Waals surface area contributed by atoms with E-state index in [2.05, 4.69) is 0 Å². The van der Waals surface area contributed by atoms with Gasteiger partial charge in [-0.25, -0.2) is 13.3 Å². The molecule has 2 saturated heterocycles. The number of fused-ring (bicyclic) bond motifs is 1. The molecule has 2 heterocycles. The van der Waals surface area contributed by atoms with Crippen LogP contribution in [0.15, 0.2) is 71.6 Å². The Balaban J connectivity index is 1.29. The second-order valence-electron chi connectivity index (χ2n) is 8.21. The molecular formula is C24H22ClN3O4S.